The number of benzene rings is 1. The maximum Gasteiger partial charge on any atom is 0.339 e. The monoisotopic (exact) mass is 443 g/mol. The highest BCUT2D eigenvalue weighted by Crippen LogP contribution is 2.19. The molecule has 0 aliphatic carbocycles. The Hall–Kier alpha value is -3.37. The highest BCUT2D eigenvalue weighted by Gasteiger charge is 2.20. The van der Waals surface area contributed by atoms with E-state index in [1.54, 1.807) is 29.6 Å². The molecule has 8 nitrogen and oxygen atoms in total. The Kier molecular flexibility index (Phi) is 7.04. The molecule has 0 saturated carbocycles. The Bertz CT molecular complexity index is 1080. The summed E-state index contributed by atoms with van der Waals surface area (Å²) >= 11 is 2.61. The van der Waals surface area contributed by atoms with Crippen molar-refractivity contribution in [2.24, 2.45) is 0 Å². The predicted octanol–water partition coefficient (Wildman–Crippen LogP) is 2.29. The maximum absolute atomic E-state index is 12.6. The van der Waals surface area contributed by atoms with Gasteiger partial charge in [0.1, 0.15) is 5.01 Å². The zero-order valence-electron chi connectivity index (χ0n) is 15.8. The molecule has 3 rings (SSSR count). The largest absolute Gasteiger partial charge is 0.452 e. The van der Waals surface area contributed by atoms with Crippen LogP contribution >= 0.6 is 22.7 Å². The third-order valence-corrected chi connectivity index (χ3v) is 5.63. The van der Waals surface area contributed by atoms with Gasteiger partial charge in [-0.05, 0) is 24.4 Å². The van der Waals surface area contributed by atoms with Crippen LogP contribution in [0.15, 0.2) is 47.2 Å². The number of hydrazine groups is 1. The van der Waals surface area contributed by atoms with Crippen molar-refractivity contribution in [1.82, 2.24) is 15.8 Å². The average Bonchev–Trinajstić information content (AvgIpc) is 3.42. The molecule has 1 aromatic carbocycles. The number of aryl methyl sites for hydroxylation is 1. The van der Waals surface area contributed by atoms with Crippen molar-refractivity contribution in [3.63, 3.8) is 0 Å². The molecule has 0 bridgehead atoms. The van der Waals surface area contributed by atoms with E-state index in [1.165, 1.54) is 34.8 Å². The molecule has 0 saturated heterocycles. The number of esters is 1. The Balaban J connectivity index is 1.51. The zero-order chi connectivity index (χ0) is 21.5. The van der Waals surface area contributed by atoms with E-state index in [2.05, 4.69) is 15.8 Å². The molecule has 0 aliphatic heterocycles. The summed E-state index contributed by atoms with van der Waals surface area (Å²) in [5.74, 6) is -2.27. The molecular formula is C20H17N3O5S2. The first kappa shape index (κ1) is 21.3. The van der Waals surface area contributed by atoms with Crippen molar-refractivity contribution in [2.75, 3.05) is 6.61 Å². The quantitative estimate of drug-likeness (QED) is 0.329. The summed E-state index contributed by atoms with van der Waals surface area (Å²) in [6, 6.07) is 9.63. The summed E-state index contributed by atoms with van der Waals surface area (Å²) in [5.41, 5.74) is 5.48. The minimum absolute atomic E-state index is 0.0246. The van der Waals surface area contributed by atoms with E-state index in [-0.39, 0.29) is 23.3 Å². The van der Waals surface area contributed by atoms with E-state index in [1.807, 2.05) is 12.3 Å². The number of thiazole rings is 1. The van der Waals surface area contributed by atoms with E-state index in [0.29, 0.717) is 9.88 Å². The number of hydrogen-bond acceptors (Lipinski definition) is 8. The van der Waals surface area contributed by atoms with Gasteiger partial charge in [-0.2, -0.15) is 0 Å². The topological polar surface area (TPSA) is 114 Å². The number of amides is 2. The van der Waals surface area contributed by atoms with Crippen LogP contribution < -0.4 is 10.9 Å². The van der Waals surface area contributed by atoms with Crippen LogP contribution in [0.4, 0.5) is 0 Å². The van der Waals surface area contributed by atoms with Crippen molar-refractivity contribution in [1.29, 1.82) is 0 Å². The molecule has 2 aromatic heterocycles. The van der Waals surface area contributed by atoms with Crippen molar-refractivity contribution < 1.29 is 23.9 Å². The van der Waals surface area contributed by atoms with E-state index < -0.39 is 24.4 Å². The molecule has 2 N–H and O–H groups in total. The smallest absolute Gasteiger partial charge is 0.339 e. The maximum atomic E-state index is 12.6. The molecule has 2 amide bonds. The molecule has 2 heterocycles. The Morgan fingerprint density at radius 1 is 0.967 bits per heavy atom. The number of ketones is 1. The van der Waals surface area contributed by atoms with Crippen molar-refractivity contribution >= 4 is 46.2 Å². The number of thiophene rings is 1. The van der Waals surface area contributed by atoms with Crippen LogP contribution in [-0.2, 0) is 20.7 Å². The molecule has 0 fully saturated rings. The summed E-state index contributed by atoms with van der Waals surface area (Å²) in [6.45, 7) is 1.21. The molecule has 154 valence electrons. The summed E-state index contributed by atoms with van der Waals surface area (Å²) in [7, 11) is 0. The number of carbonyl (C=O) groups is 4. The molecular weight excluding hydrogens is 426 g/mol. The summed E-state index contributed by atoms with van der Waals surface area (Å²) < 4.78 is 4.99. The summed E-state index contributed by atoms with van der Waals surface area (Å²) in [5, 5.41) is 4.21. The highest BCUT2D eigenvalue weighted by atomic mass is 32.1. The standard InChI is InChI=1S/C20H17N3O5S2/c1-12-11-30-18(21-12)9-16(24)22-23-17(25)10-28-20(27)14-6-3-2-5-13(14)19(26)15-7-4-8-29-15/h2-8,11H,9-10H2,1H3,(H,22,24)(H,23,25). The van der Waals surface area contributed by atoms with Gasteiger partial charge in [0.2, 0.25) is 11.7 Å². The lowest BCUT2D eigenvalue weighted by molar-refractivity contribution is -0.130. The second kappa shape index (κ2) is 9.90. The molecule has 0 spiro atoms. The number of hydrogen-bond donors (Lipinski definition) is 2. The molecule has 10 heteroatoms. The third kappa shape index (κ3) is 5.58. The van der Waals surface area contributed by atoms with Crippen LogP contribution in [0, 0.1) is 6.92 Å². The van der Waals surface area contributed by atoms with Crippen LogP contribution in [0.3, 0.4) is 0 Å². The third-order valence-electron chi connectivity index (χ3n) is 3.79. The fraction of sp³-hybridized carbons (Fsp3) is 0.150. The summed E-state index contributed by atoms with van der Waals surface area (Å²) in [6.07, 6.45) is 0.0246. The van der Waals surface area contributed by atoms with Crippen LogP contribution in [-0.4, -0.2) is 35.2 Å². The Morgan fingerprint density at radius 3 is 2.37 bits per heavy atom. The second-order valence-electron chi connectivity index (χ2n) is 6.08. The number of rotatable bonds is 7. The number of aromatic nitrogens is 1. The van der Waals surface area contributed by atoms with Gasteiger partial charge in [0.15, 0.2) is 6.61 Å². The van der Waals surface area contributed by atoms with Crippen LogP contribution in [0.5, 0.6) is 0 Å². The van der Waals surface area contributed by atoms with E-state index >= 15 is 0 Å². The lowest BCUT2D eigenvalue weighted by atomic mass is 10.0. The molecule has 3 aromatic rings. The van der Waals surface area contributed by atoms with Crippen LogP contribution in [0.2, 0.25) is 0 Å². The van der Waals surface area contributed by atoms with Gasteiger partial charge < -0.3 is 4.74 Å². The van der Waals surface area contributed by atoms with Gasteiger partial charge in [0, 0.05) is 16.6 Å². The zero-order valence-corrected chi connectivity index (χ0v) is 17.5. The minimum atomic E-state index is -0.810. The number of ether oxygens (including phenoxy) is 1. The highest BCUT2D eigenvalue weighted by molar-refractivity contribution is 7.12. The lowest BCUT2D eigenvalue weighted by Crippen LogP contribution is -2.44. The second-order valence-corrected chi connectivity index (χ2v) is 7.97. The molecule has 30 heavy (non-hydrogen) atoms. The van der Waals surface area contributed by atoms with Gasteiger partial charge in [-0.15, -0.1) is 22.7 Å². The van der Waals surface area contributed by atoms with Crippen molar-refractivity contribution in [3.8, 4) is 0 Å². The normalized spacial score (nSPS) is 10.3. The fourth-order valence-electron chi connectivity index (χ4n) is 2.45. The SMILES string of the molecule is Cc1csc(CC(=O)NNC(=O)COC(=O)c2ccccc2C(=O)c2cccs2)n1. The Labute approximate surface area is 179 Å². The summed E-state index contributed by atoms with van der Waals surface area (Å²) in [4.78, 5) is 53.3. The van der Waals surface area contributed by atoms with Gasteiger partial charge in [0.05, 0.1) is 16.9 Å². The first-order chi connectivity index (χ1) is 14.4. The molecule has 0 aliphatic rings. The van der Waals surface area contributed by atoms with Crippen LogP contribution in [0.1, 0.15) is 36.3 Å². The molecule has 0 radical (unpaired) electrons. The van der Waals surface area contributed by atoms with Gasteiger partial charge >= 0.3 is 5.97 Å². The first-order valence-corrected chi connectivity index (χ1v) is 10.5. The minimum Gasteiger partial charge on any atom is -0.452 e. The number of nitrogens with zero attached hydrogens (tertiary/aromatic N) is 1. The molecule has 0 atom stereocenters. The van der Waals surface area contributed by atoms with Gasteiger partial charge in [0.25, 0.3) is 5.91 Å². The van der Waals surface area contributed by atoms with E-state index in [9.17, 15) is 19.2 Å². The number of nitrogens with one attached hydrogen (secondary N) is 2. The van der Waals surface area contributed by atoms with Crippen LogP contribution in [0.25, 0.3) is 0 Å². The average molecular weight is 444 g/mol. The van der Waals surface area contributed by atoms with Crippen molar-refractivity contribution in [2.45, 2.75) is 13.3 Å². The van der Waals surface area contributed by atoms with Gasteiger partial charge in [-0.25, -0.2) is 9.78 Å². The van der Waals surface area contributed by atoms with Crippen molar-refractivity contribution in [3.05, 3.63) is 73.9 Å². The first-order valence-electron chi connectivity index (χ1n) is 8.77. The van der Waals surface area contributed by atoms with Gasteiger partial charge in [-0.1, -0.05) is 24.3 Å². The van der Waals surface area contributed by atoms with E-state index in [4.69, 9.17) is 4.74 Å². The van der Waals surface area contributed by atoms with E-state index in [0.717, 1.165) is 5.69 Å². The number of carbonyl (C=O) groups excluding carboxylic acids is 4. The molecule has 0 unspecified atom stereocenters. The van der Waals surface area contributed by atoms with Gasteiger partial charge in [-0.3, -0.25) is 25.2 Å². The Morgan fingerprint density at radius 2 is 1.70 bits per heavy atom. The predicted molar refractivity (Wildman–Crippen MR) is 111 cm³/mol. The fourth-order valence-corrected chi connectivity index (χ4v) is 3.90. The lowest BCUT2D eigenvalue weighted by Gasteiger charge is -2.09.